The number of Topliss-reactive ketones (excluding diaryl/α,β-unsaturated/α-hetero) is 1. The molecule has 11 heteroatoms. The molecule has 1 atom stereocenters. The van der Waals surface area contributed by atoms with E-state index in [1.165, 1.54) is 19.1 Å². The number of amides is 1. The number of aliphatic carboxylic acids is 1. The minimum absolute atomic E-state index is 0.00162. The Morgan fingerprint density at radius 1 is 1.03 bits per heavy atom. The molecule has 1 aliphatic carbocycles. The lowest BCUT2D eigenvalue weighted by atomic mass is 9.86. The van der Waals surface area contributed by atoms with E-state index in [4.69, 9.17) is 4.42 Å². The van der Waals surface area contributed by atoms with Crippen LogP contribution in [0.4, 0.5) is 0 Å². The van der Waals surface area contributed by atoms with Crippen molar-refractivity contribution in [3.05, 3.63) is 63.0 Å². The number of phenolic OH excluding ortho intramolecular Hbond substituents is 4. The van der Waals surface area contributed by atoms with Crippen molar-refractivity contribution < 1.29 is 44.3 Å². The summed E-state index contributed by atoms with van der Waals surface area (Å²) in [4.78, 5) is 50.8. The highest BCUT2D eigenvalue weighted by Crippen LogP contribution is 2.37. The maximum atomic E-state index is 13.5. The quantitative estimate of drug-likeness (QED) is 0.293. The van der Waals surface area contributed by atoms with E-state index in [2.05, 4.69) is 5.32 Å². The highest BCUT2D eigenvalue weighted by molar-refractivity contribution is 6.30. The van der Waals surface area contributed by atoms with Crippen molar-refractivity contribution in [2.24, 2.45) is 0 Å². The fraction of sp³-hybridized carbons (Fsp3) is 0.167. The maximum absolute atomic E-state index is 13.5. The highest BCUT2D eigenvalue weighted by atomic mass is 16.4. The Kier molecular flexibility index (Phi) is 5.69. The van der Waals surface area contributed by atoms with Gasteiger partial charge in [0.25, 0.3) is 5.91 Å². The second-order valence-electron chi connectivity index (χ2n) is 7.89. The van der Waals surface area contributed by atoms with Crippen LogP contribution in [0.3, 0.4) is 0 Å². The zero-order valence-electron chi connectivity index (χ0n) is 18.2. The van der Waals surface area contributed by atoms with Crippen LogP contribution in [-0.2, 0) is 11.2 Å². The second kappa shape index (κ2) is 8.52. The van der Waals surface area contributed by atoms with Crippen molar-refractivity contribution in [2.75, 3.05) is 0 Å². The molecule has 1 heterocycles. The Labute approximate surface area is 196 Å². The molecule has 0 unspecified atom stereocenters. The molecule has 4 rings (SSSR count). The number of hydrogen-bond donors (Lipinski definition) is 6. The Hall–Kier alpha value is -4.80. The minimum atomic E-state index is -1.34. The van der Waals surface area contributed by atoms with Gasteiger partial charge in [-0.05, 0) is 30.5 Å². The summed E-state index contributed by atoms with van der Waals surface area (Å²) < 4.78 is 5.41. The summed E-state index contributed by atoms with van der Waals surface area (Å²) in [6, 6.07) is 1.88. The molecule has 2 aromatic carbocycles. The smallest absolute Gasteiger partial charge is 0.326 e. The maximum Gasteiger partial charge on any atom is 0.326 e. The van der Waals surface area contributed by atoms with Crippen molar-refractivity contribution in [1.82, 2.24) is 5.32 Å². The number of phenols is 4. The first-order chi connectivity index (χ1) is 16.5. The number of aromatic hydroxyl groups is 4. The largest absolute Gasteiger partial charge is 0.504 e. The van der Waals surface area contributed by atoms with Crippen LogP contribution in [0.2, 0.25) is 0 Å². The predicted octanol–water partition coefficient (Wildman–Crippen LogP) is 2.03. The third-order valence-corrected chi connectivity index (χ3v) is 5.76. The summed E-state index contributed by atoms with van der Waals surface area (Å²) in [6.45, 7) is 1.50. The van der Waals surface area contributed by atoms with Gasteiger partial charge in [-0.1, -0.05) is 13.0 Å². The fourth-order valence-corrected chi connectivity index (χ4v) is 3.92. The van der Waals surface area contributed by atoms with Gasteiger partial charge in [0.1, 0.15) is 17.9 Å². The lowest BCUT2D eigenvalue weighted by Gasteiger charge is -2.17. The third kappa shape index (κ3) is 3.82. The first-order valence-corrected chi connectivity index (χ1v) is 10.4. The van der Waals surface area contributed by atoms with Crippen molar-refractivity contribution in [1.29, 1.82) is 0 Å². The van der Waals surface area contributed by atoms with Gasteiger partial charge in [0, 0.05) is 17.2 Å². The highest BCUT2D eigenvalue weighted by Gasteiger charge is 2.30. The molecule has 1 aliphatic rings. The first-order valence-electron chi connectivity index (χ1n) is 10.4. The van der Waals surface area contributed by atoms with E-state index in [-0.39, 0.29) is 35.1 Å². The van der Waals surface area contributed by atoms with E-state index >= 15 is 0 Å². The minimum Gasteiger partial charge on any atom is -0.504 e. The van der Waals surface area contributed by atoms with E-state index in [0.717, 1.165) is 18.4 Å². The monoisotopic (exact) mass is 481 g/mol. The van der Waals surface area contributed by atoms with Crippen LogP contribution in [0.25, 0.3) is 16.5 Å². The lowest BCUT2D eigenvalue weighted by molar-refractivity contribution is -0.139. The number of carbonyl (C=O) groups is 3. The van der Waals surface area contributed by atoms with Crippen LogP contribution < -0.4 is 10.7 Å². The number of fused-ring (bicyclic) bond motifs is 2. The Morgan fingerprint density at radius 2 is 1.71 bits per heavy atom. The molecule has 0 aliphatic heterocycles. The zero-order chi connectivity index (χ0) is 25.6. The number of ketones is 1. The number of rotatable bonds is 5. The predicted molar refractivity (Wildman–Crippen MR) is 121 cm³/mol. The lowest BCUT2D eigenvalue weighted by Crippen LogP contribution is -2.40. The first kappa shape index (κ1) is 23.4. The summed E-state index contributed by atoms with van der Waals surface area (Å²) in [5.74, 6) is -5.81. The SMILES string of the molecule is CC[C@H](NC(=O)c1c(O)c(O)cc2occ(C3=CCc4cc(O)c(O)cc4C3=O)c(=O)c12)C(=O)O. The topological polar surface area (TPSA) is 195 Å². The van der Waals surface area contributed by atoms with Crippen LogP contribution in [0.1, 0.15) is 45.2 Å². The van der Waals surface area contributed by atoms with E-state index in [9.17, 15) is 44.7 Å². The molecule has 0 fully saturated rings. The molecule has 35 heavy (non-hydrogen) atoms. The molecule has 0 saturated heterocycles. The fourth-order valence-electron chi connectivity index (χ4n) is 3.92. The van der Waals surface area contributed by atoms with E-state index in [1.807, 2.05) is 0 Å². The molecular formula is C24H19NO10. The zero-order valence-corrected chi connectivity index (χ0v) is 18.2. The average molecular weight is 481 g/mol. The summed E-state index contributed by atoms with van der Waals surface area (Å²) in [7, 11) is 0. The van der Waals surface area contributed by atoms with E-state index < -0.39 is 63.1 Å². The number of allylic oxidation sites excluding steroid dienone is 2. The van der Waals surface area contributed by atoms with Crippen LogP contribution in [0.15, 0.2) is 39.7 Å². The molecule has 1 aromatic heterocycles. The molecule has 6 N–H and O–H groups in total. The molecule has 11 nitrogen and oxygen atoms in total. The van der Waals surface area contributed by atoms with Gasteiger partial charge < -0.3 is 35.3 Å². The van der Waals surface area contributed by atoms with Gasteiger partial charge >= 0.3 is 5.97 Å². The summed E-state index contributed by atoms with van der Waals surface area (Å²) in [5.41, 5.74) is -1.77. The number of benzene rings is 2. The van der Waals surface area contributed by atoms with Crippen LogP contribution in [0, 0.1) is 0 Å². The number of hydrogen-bond acceptors (Lipinski definition) is 9. The van der Waals surface area contributed by atoms with Crippen molar-refractivity contribution in [2.45, 2.75) is 25.8 Å². The molecule has 0 spiro atoms. The molecule has 180 valence electrons. The van der Waals surface area contributed by atoms with E-state index in [0.29, 0.717) is 5.56 Å². The molecule has 0 radical (unpaired) electrons. The molecule has 1 amide bonds. The van der Waals surface area contributed by atoms with Gasteiger partial charge in [0.15, 0.2) is 28.8 Å². The van der Waals surface area contributed by atoms with Crippen molar-refractivity contribution in [3.8, 4) is 23.0 Å². The average Bonchev–Trinajstić information content (AvgIpc) is 2.80. The summed E-state index contributed by atoms with van der Waals surface area (Å²) >= 11 is 0. The van der Waals surface area contributed by atoms with Gasteiger partial charge in [-0.25, -0.2) is 4.79 Å². The van der Waals surface area contributed by atoms with Gasteiger partial charge in [-0.2, -0.15) is 0 Å². The number of carboxylic acids is 1. The van der Waals surface area contributed by atoms with Crippen LogP contribution in [0.5, 0.6) is 23.0 Å². The Bertz CT molecular complexity index is 1520. The van der Waals surface area contributed by atoms with Gasteiger partial charge in [-0.15, -0.1) is 0 Å². The second-order valence-corrected chi connectivity index (χ2v) is 7.89. The van der Waals surface area contributed by atoms with Gasteiger partial charge in [-0.3, -0.25) is 14.4 Å². The normalized spacial score (nSPS) is 13.7. The van der Waals surface area contributed by atoms with Crippen molar-refractivity contribution >= 4 is 34.2 Å². The standard InChI is InChI=1S/C24H19NO10/c1-2-13(24(33)34)25-23(32)19-18-17(7-16(28)22(19)31)35-8-12(21(18)30)10-4-3-9-5-14(26)15(27)6-11(9)20(10)29/h4-8,13,26-28,31H,2-3H2,1H3,(H,25,32)(H,33,34)/t13-/m0/s1. The van der Waals surface area contributed by atoms with Crippen LogP contribution in [-0.4, -0.2) is 49.2 Å². The van der Waals surface area contributed by atoms with Gasteiger partial charge in [0.2, 0.25) is 5.43 Å². The summed E-state index contributed by atoms with van der Waals surface area (Å²) in [5, 5.41) is 50.8. The molecule has 3 aromatic rings. The van der Waals surface area contributed by atoms with E-state index in [1.54, 1.807) is 0 Å². The molecular weight excluding hydrogens is 462 g/mol. The molecule has 0 saturated carbocycles. The number of nitrogens with one attached hydrogen (secondary N) is 1. The summed E-state index contributed by atoms with van der Waals surface area (Å²) in [6.07, 6.45) is 2.51. The Morgan fingerprint density at radius 3 is 2.37 bits per heavy atom. The Balaban J connectivity index is 1.89. The number of carbonyl (C=O) groups excluding carboxylic acids is 2. The molecule has 0 bridgehead atoms. The number of carboxylic acid groups (broad SMARTS) is 1. The van der Waals surface area contributed by atoms with Gasteiger partial charge in [0.05, 0.1) is 16.5 Å². The van der Waals surface area contributed by atoms with Crippen molar-refractivity contribution in [3.63, 3.8) is 0 Å². The third-order valence-electron chi connectivity index (χ3n) is 5.76. The van der Waals surface area contributed by atoms with Crippen LogP contribution >= 0.6 is 0 Å².